The average Bonchev–Trinajstić information content (AvgIpc) is 2.78. The van der Waals surface area contributed by atoms with Gasteiger partial charge in [0.05, 0.1) is 17.1 Å². The fraction of sp³-hybridized carbons (Fsp3) is 0.182. The van der Waals surface area contributed by atoms with E-state index in [1.54, 1.807) is 4.52 Å². The number of aromatic nitrogens is 4. The first-order valence-electron chi connectivity index (χ1n) is 4.99. The summed E-state index contributed by atoms with van der Waals surface area (Å²) >= 11 is 0. The number of imidazole rings is 1. The van der Waals surface area contributed by atoms with Crippen molar-refractivity contribution >= 4 is 16.8 Å². The van der Waals surface area contributed by atoms with Gasteiger partial charge in [-0.25, -0.2) is 0 Å². The van der Waals surface area contributed by atoms with E-state index in [-0.39, 0.29) is 6.54 Å². The van der Waals surface area contributed by atoms with E-state index in [0.717, 1.165) is 16.8 Å². The van der Waals surface area contributed by atoms with Crippen LogP contribution in [0.15, 0.2) is 24.3 Å². The maximum Gasteiger partial charge on any atom is 0.234 e. The molecule has 0 bridgehead atoms. The molecule has 0 atom stereocenters. The molecule has 0 aliphatic rings. The summed E-state index contributed by atoms with van der Waals surface area (Å²) in [6.45, 7) is 2.13. The van der Waals surface area contributed by atoms with Crippen LogP contribution in [0.5, 0.6) is 0 Å². The van der Waals surface area contributed by atoms with E-state index in [2.05, 4.69) is 16.2 Å². The number of hydrogen-bond donors (Lipinski definition) is 0. The van der Waals surface area contributed by atoms with Crippen molar-refractivity contribution in [2.75, 3.05) is 0 Å². The van der Waals surface area contributed by atoms with Crippen molar-refractivity contribution in [3.8, 4) is 6.07 Å². The molecule has 0 saturated heterocycles. The Kier molecular flexibility index (Phi) is 1.71. The largest absolute Gasteiger partial charge is 0.294 e. The zero-order chi connectivity index (χ0) is 11.1. The van der Waals surface area contributed by atoms with Gasteiger partial charge in [-0.1, -0.05) is 12.1 Å². The third-order valence-electron chi connectivity index (χ3n) is 2.57. The molecule has 16 heavy (non-hydrogen) atoms. The van der Waals surface area contributed by atoms with Crippen LogP contribution in [0.1, 0.15) is 5.82 Å². The van der Waals surface area contributed by atoms with E-state index >= 15 is 0 Å². The predicted octanol–water partition coefficient (Wildman–Crippen LogP) is 1.52. The summed E-state index contributed by atoms with van der Waals surface area (Å²) in [6, 6.07) is 9.99. The van der Waals surface area contributed by atoms with Crippen LogP contribution in [0.2, 0.25) is 0 Å². The summed E-state index contributed by atoms with van der Waals surface area (Å²) in [7, 11) is 0. The summed E-state index contributed by atoms with van der Waals surface area (Å²) < 4.78 is 3.65. The fourth-order valence-corrected chi connectivity index (χ4v) is 1.95. The second-order valence-electron chi connectivity index (χ2n) is 3.60. The standard InChI is InChI=1S/C11H9N5/c1-8-13-11-15(7-6-12)9-4-2-3-5-10(9)16(11)14-8/h2-5H,7H2,1H3. The normalized spacial score (nSPS) is 11.0. The minimum Gasteiger partial charge on any atom is -0.294 e. The highest BCUT2D eigenvalue weighted by molar-refractivity contribution is 5.80. The van der Waals surface area contributed by atoms with E-state index in [4.69, 9.17) is 5.26 Å². The predicted molar refractivity (Wildman–Crippen MR) is 58.8 cm³/mol. The summed E-state index contributed by atoms with van der Waals surface area (Å²) in [5, 5.41) is 13.2. The Morgan fingerprint density at radius 2 is 2.06 bits per heavy atom. The molecule has 0 fully saturated rings. The number of para-hydroxylation sites is 2. The number of aryl methyl sites for hydroxylation is 1. The number of hydrogen-bond acceptors (Lipinski definition) is 3. The molecule has 0 aliphatic heterocycles. The topological polar surface area (TPSA) is 58.9 Å². The molecule has 5 nitrogen and oxygen atoms in total. The lowest BCUT2D eigenvalue weighted by Gasteiger charge is -1.96. The smallest absolute Gasteiger partial charge is 0.234 e. The molecule has 5 heteroatoms. The van der Waals surface area contributed by atoms with Crippen LogP contribution in [0.3, 0.4) is 0 Å². The summed E-state index contributed by atoms with van der Waals surface area (Å²) in [4.78, 5) is 4.33. The van der Waals surface area contributed by atoms with E-state index in [0.29, 0.717) is 5.82 Å². The van der Waals surface area contributed by atoms with Crippen molar-refractivity contribution in [2.45, 2.75) is 13.5 Å². The summed E-state index contributed by atoms with van der Waals surface area (Å²) in [5.41, 5.74) is 1.97. The molecule has 3 rings (SSSR count). The van der Waals surface area contributed by atoms with E-state index in [9.17, 15) is 0 Å². The minimum atomic E-state index is 0.287. The van der Waals surface area contributed by atoms with Gasteiger partial charge < -0.3 is 0 Å². The highest BCUT2D eigenvalue weighted by Gasteiger charge is 2.12. The molecule has 0 amide bonds. The van der Waals surface area contributed by atoms with Crippen LogP contribution >= 0.6 is 0 Å². The van der Waals surface area contributed by atoms with Crippen LogP contribution in [-0.4, -0.2) is 19.2 Å². The van der Waals surface area contributed by atoms with Crippen LogP contribution in [-0.2, 0) is 6.54 Å². The number of rotatable bonds is 1. The third kappa shape index (κ3) is 1.04. The molecular weight excluding hydrogens is 202 g/mol. The fourth-order valence-electron chi connectivity index (χ4n) is 1.95. The lowest BCUT2D eigenvalue weighted by molar-refractivity contribution is 0.872. The van der Waals surface area contributed by atoms with Gasteiger partial charge in [0, 0.05) is 0 Å². The van der Waals surface area contributed by atoms with Crippen molar-refractivity contribution in [3.05, 3.63) is 30.1 Å². The SMILES string of the molecule is Cc1nc2n(CC#N)c3ccccc3n2n1. The Labute approximate surface area is 91.5 Å². The second kappa shape index (κ2) is 3.07. The lowest BCUT2D eigenvalue weighted by atomic mass is 10.3. The molecule has 78 valence electrons. The van der Waals surface area contributed by atoms with Crippen LogP contribution in [0.4, 0.5) is 0 Å². The second-order valence-corrected chi connectivity index (χ2v) is 3.60. The van der Waals surface area contributed by atoms with Gasteiger partial charge in [0.25, 0.3) is 0 Å². The van der Waals surface area contributed by atoms with Gasteiger partial charge in [-0.2, -0.15) is 14.8 Å². The molecule has 0 N–H and O–H groups in total. The van der Waals surface area contributed by atoms with Crippen LogP contribution in [0.25, 0.3) is 16.8 Å². The number of nitrogens with zero attached hydrogens (tertiary/aromatic N) is 5. The van der Waals surface area contributed by atoms with Crippen molar-refractivity contribution < 1.29 is 0 Å². The zero-order valence-corrected chi connectivity index (χ0v) is 8.75. The summed E-state index contributed by atoms with van der Waals surface area (Å²) in [5.74, 6) is 1.44. The van der Waals surface area contributed by atoms with E-state index < -0.39 is 0 Å². The van der Waals surface area contributed by atoms with Crippen LogP contribution in [0, 0.1) is 18.3 Å². The molecular formula is C11H9N5. The molecule has 0 spiro atoms. The Bertz CT molecular complexity index is 713. The van der Waals surface area contributed by atoms with E-state index in [1.165, 1.54) is 0 Å². The molecule has 0 saturated carbocycles. The van der Waals surface area contributed by atoms with Crippen molar-refractivity contribution in [1.82, 2.24) is 19.2 Å². The quantitative estimate of drug-likeness (QED) is 0.613. The van der Waals surface area contributed by atoms with Gasteiger partial charge in [-0.05, 0) is 19.1 Å². The van der Waals surface area contributed by atoms with E-state index in [1.807, 2.05) is 35.8 Å². The highest BCUT2D eigenvalue weighted by Crippen LogP contribution is 2.18. The van der Waals surface area contributed by atoms with Gasteiger partial charge in [0.2, 0.25) is 5.78 Å². The van der Waals surface area contributed by atoms with Gasteiger partial charge in [-0.3, -0.25) is 4.57 Å². The van der Waals surface area contributed by atoms with Gasteiger partial charge in [0.1, 0.15) is 12.4 Å². The first-order chi connectivity index (χ1) is 7.81. The maximum absolute atomic E-state index is 8.84. The zero-order valence-electron chi connectivity index (χ0n) is 8.75. The van der Waals surface area contributed by atoms with Gasteiger partial charge in [0.15, 0.2) is 0 Å². The number of fused-ring (bicyclic) bond motifs is 3. The first-order valence-corrected chi connectivity index (χ1v) is 4.99. The Morgan fingerprint density at radius 3 is 2.81 bits per heavy atom. The molecule has 1 aromatic carbocycles. The molecule has 2 aromatic heterocycles. The summed E-state index contributed by atoms with van der Waals surface area (Å²) in [6.07, 6.45) is 0. The van der Waals surface area contributed by atoms with Crippen molar-refractivity contribution in [3.63, 3.8) is 0 Å². The monoisotopic (exact) mass is 211 g/mol. The Morgan fingerprint density at radius 1 is 1.31 bits per heavy atom. The first kappa shape index (κ1) is 8.92. The molecule has 3 aromatic rings. The number of nitriles is 1. The molecule has 0 radical (unpaired) electrons. The van der Waals surface area contributed by atoms with Crippen LogP contribution < -0.4 is 0 Å². The maximum atomic E-state index is 8.84. The van der Waals surface area contributed by atoms with Gasteiger partial charge >= 0.3 is 0 Å². The van der Waals surface area contributed by atoms with Gasteiger partial charge in [-0.15, -0.1) is 5.10 Å². The highest BCUT2D eigenvalue weighted by atomic mass is 15.4. The van der Waals surface area contributed by atoms with Crippen molar-refractivity contribution in [1.29, 1.82) is 5.26 Å². The lowest BCUT2D eigenvalue weighted by Crippen LogP contribution is -1.95. The minimum absolute atomic E-state index is 0.287. The Balaban J connectivity index is 2.52. The average molecular weight is 211 g/mol. The molecule has 2 heterocycles. The number of benzene rings is 1. The molecule has 0 aliphatic carbocycles. The van der Waals surface area contributed by atoms with Crippen molar-refractivity contribution in [2.24, 2.45) is 0 Å². The Hall–Kier alpha value is -2.35. The third-order valence-corrected chi connectivity index (χ3v) is 2.57. The molecule has 0 unspecified atom stereocenters.